The minimum absolute atomic E-state index is 0.0879. The molecule has 114 valence electrons. The third-order valence-electron chi connectivity index (χ3n) is 4.25. The van der Waals surface area contributed by atoms with Crippen LogP contribution < -0.4 is 5.73 Å². The Morgan fingerprint density at radius 1 is 1.35 bits per heavy atom. The zero-order chi connectivity index (χ0) is 14.8. The van der Waals surface area contributed by atoms with E-state index in [-0.39, 0.29) is 5.41 Å². The Hall–Kier alpha value is -0.940. The number of nitrogens with zero attached hydrogens (tertiary/aromatic N) is 3. The third kappa shape index (κ3) is 3.38. The van der Waals surface area contributed by atoms with Crippen molar-refractivity contribution < 1.29 is 4.52 Å². The van der Waals surface area contributed by atoms with Crippen LogP contribution in [0.15, 0.2) is 4.52 Å². The van der Waals surface area contributed by atoms with Gasteiger partial charge in [0.25, 0.3) is 0 Å². The summed E-state index contributed by atoms with van der Waals surface area (Å²) in [5.41, 5.74) is 5.81. The first-order valence-electron chi connectivity index (χ1n) is 7.73. The van der Waals surface area contributed by atoms with Crippen LogP contribution in [0, 0.1) is 5.92 Å². The van der Waals surface area contributed by atoms with E-state index in [0.717, 1.165) is 25.5 Å². The SMILES string of the molecule is CCN(Cc1noc(C(C)(C)C)n1)C1CCCC1CN. The normalized spacial score (nSPS) is 23.7. The second-order valence-corrected chi connectivity index (χ2v) is 6.82. The maximum Gasteiger partial charge on any atom is 0.232 e. The maximum atomic E-state index is 5.89. The highest BCUT2D eigenvalue weighted by Gasteiger charge is 2.31. The van der Waals surface area contributed by atoms with E-state index in [4.69, 9.17) is 10.3 Å². The summed E-state index contributed by atoms with van der Waals surface area (Å²) in [6, 6.07) is 0.571. The summed E-state index contributed by atoms with van der Waals surface area (Å²) in [7, 11) is 0. The molecule has 1 aliphatic carbocycles. The fourth-order valence-corrected chi connectivity index (χ4v) is 3.04. The first kappa shape index (κ1) is 15.4. The van der Waals surface area contributed by atoms with Crippen LogP contribution in [0.3, 0.4) is 0 Å². The number of aromatic nitrogens is 2. The van der Waals surface area contributed by atoms with Crippen molar-refractivity contribution in [3.05, 3.63) is 11.7 Å². The first-order chi connectivity index (χ1) is 9.45. The molecule has 0 aromatic carbocycles. The van der Waals surface area contributed by atoms with E-state index in [1.165, 1.54) is 19.3 Å². The highest BCUT2D eigenvalue weighted by atomic mass is 16.5. The lowest BCUT2D eigenvalue weighted by Gasteiger charge is -2.30. The molecule has 0 amide bonds. The Bertz CT molecular complexity index is 424. The van der Waals surface area contributed by atoms with Crippen molar-refractivity contribution in [2.75, 3.05) is 13.1 Å². The van der Waals surface area contributed by atoms with Crippen LogP contribution in [0.2, 0.25) is 0 Å². The van der Waals surface area contributed by atoms with Crippen LogP contribution in [-0.4, -0.2) is 34.2 Å². The highest BCUT2D eigenvalue weighted by molar-refractivity contribution is 4.99. The molecular weight excluding hydrogens is 252 g/mol. The van der Waals surface area contributed by atoms with Crippen molar-refractivity contribution in [1.82, 2.24) is 15.0 Å². The van der Waals surface area contributed by atoms with Gasteiger partial charge in [-0.25, -0.2) is 0 Å². The third-order valence-corrected chi connectivity index (χ3v) is 4.25. The van der Waals surface area contributed by atoms with Gasteiger partial charge >= 0.3 is 0 Å². The molecule has 1 fully saturated rings. The minimum atomic E-state index is -0.0879. The van der Waals surface area contributed by atoms with E-state index in [1.807, 2.05) is 0 Å². The molecule has 0 bridgehead atoms. The van der Waals surface area contributed by atoms with Gasteiger partial charge in [0, 0.05) is 11.5 Å². The molecule has 0 spiro atoms. The summed E-state index contributed by atoms with van der Waals surface area (Å²) in [5.74, 6) is 2.12. The fraction of sp³-hybridized carbons (Fsp3) is 0.867. The molecular formula is C15H28N4O. The van der Waals surface area contributed by atoms with Crippen molar-refractivity contribution in [1.29, 1.82) is 0 Å². The number of rotatable bonds is 5. The summed E-state index contributed by atoms with van der Waals surface area (Å²) in [5, 5.41) is 4.13. The number of hydrogen-bond acceptors (Lipinski definition) is 5. The average molecular weight is 280 g/mol. The molecule has 2 atom stereocenters. The van der Waals surface area contributed by atoms with E-state index < -0.39 is 0 Å². The largest absolute Gasteiger partial charge is 0.339 e. The summed E-state index contributed by atoms with van der Waals surface area (Å²) in [6.45, 7) is 11.0. The van der Waals surface area contributed by atoms with E-state index in [2.05, 4.69) is 42.7 Å². The van der Waals surface area contributed by atoms with E-state index in [0.29, 0.717) is 17.9 Å². The minimum Gasteiger partial charge on any atom is -0.339 e. The van der Waals surface area contributed by atoms with Gasteiger partial charge in [-0.3, -0.25) is 4.90 Å². The molecule has 2 N–H and O–H groups in total. The Balaban J connectivity index is 2.05. The quantitative estimate of drug-likeness (QED) is 0.896. The first-order valence-corrected chi connectivity index (χ1v) is 7.73. The molecule has 2 rings (SSSR count). The van der Waals surface area contributed by atoms with Gasteiger partial charge in [0.05, 0.1) is 6.54 Å². The van der Waals surface area contributed by atoms with E-state index >= 15 is 0 Å². The molecule has 1 heterocycles. The van der Waals surface area contributed by atoms with Gasteiger partial charge in [0.1, 0.15) is 0 Å². The Morgan fingerprint density at radius 2 is 2.10 bits per heavy atom. The van der Waals surface area contributed by atoms with Gasteiger partial charge in [-0.2, -0.15) is 4.98 Å². The van der Waals surface area contributed by atoms with E-state index in [1.54, 1.807) is 0 Å². The van der Waals surface area contributed by atoms with Crippen molar-refractivity contribution in [3.63, 3.8) is 0 Å². The predicted molar refractivity (Wildman–Crippen MR) is 79.3 cm³/mol. The zero-order valence-corrected chi connectivity index (χ0v) is 13.2. The van der Waals surface area contributed by atoms with Crippen LogP contribution in [0.1, 0.15) is 58.7 Å². The summed E-state index contributed by atoms with van der Waals surface area (Å²) < 4.78 is 5.38. The van der Waals surface area contributed by atoms with Crippen molar-refractivity contribution in [2.24, 2.45) is 11.7 Å². The summed E-state index contributed by atoms with van der Waals surface area (Å²) in [4.78, 5) is 6.99. The molecule has 20 heavy (non-hydrogen) atoms. The smallest absolute Gasteiger partial charge is 0.232 e. The molecule has 5 heteroatoms. The van der Waals surface area contributed by atoms with Gasteiger partial charge in [0.2, 0.25) is 5.89 Å². The predicted octanol–water partition coefficient (Wildman–Crippen LogP) is 2.32. The standard InChI is InChI=1S/C15H28N4O/c1-5-19(12-8-6-7-11(12)9-16)10-13-17-14(20-18-13)15(2,3)4/h11-12H,5-10,16H2,1-4H3. The topological polar surface area (TPSA) is 68.2 Å². The lowest BCUT2D eigenvalue weighted by atomic mass is 9.97. The van der Waals surface area contributed by atoms with Crippen LogP contribution in [0.25, 0.3) is 0 Å². The average Bonchev–Trinajstić information content (AvgIpc) is 3.03. The second-order valence-electron chi connectivity index (χ2n) is 6.82. The van der Waals surface area contributed by atoms with Crippen LogP contribution >= 0.6 is 0 Å². The van der Waals surface area contributed by atoms with Gasteiger partial charge in [-0.05, 0) is 31.8 Å². The molecule has 1 aliphatic rings. The summed E-state index contributed by atoms with van der Waals surface area (Å²) >= 11 is 0. The number of nitrogens with two attached hydrogens (primary N) is 1. The zero-order valence-electron chi connectivity index (χ0n) is 13.2. The Labute approximate surface area is 121 Å². The molecule has 2 unspecified atom stereocenters. The van der Waals surface area contributed by atoms with Crippen LogP contribution in [-0.2, 0) is 12.0 Å². The summed E-state index contributed by atoms with van der Waals surface area (Å²) in [6.07, 6.45) is 3.76. The lowest BCUT2D eigenvalue weighted by Crippen LogP contribution is -2.40. The molecule has 1 aromatic heterocycles. The Kier molecular flexibility index (Phi) is 4.81. The Morgan fingerprint density at radius 3 is 2.65 bits per heavy atom. The van der Waals surface area contributed by atoms with Gasteiger partial charge < -0.3 is 10.3 Å². The van der Waals surface area contributed by atoms with Crippen LogP contribution in [0.4, 0.5) is 0 Å². The van der Waals surface area contributed by atoms with Crippen molar-refractivity contribution >= 4 is 0 Å². The molecule has 5 nitrogen and oxygen atoms in total. The van der Waals surface area contributed by atoms with Gasteiger partial charge in [-0.1, -0.05) is 39.3 Å². The van der Waals surface area contributed by atoms with Gasteiger partial charge in [-0.15, -0.1) is 0 Å². The highest BCUT2D eigenvalue weighted by Crippen LogP contribution is 2.30. The van der Waals surface area contributed by atoms with Crippen molar-refractivity contribution in [2.45, 2.75) is 65.0 Å². The van der Waals surface area contributed by atoms with Crippen LogP contribution in [0.5, 0.6) is 0 Å². The molecule has 0 radical (unpaired) electrons. The number of hydrogen-bond donors (Lipinski definition) is 1. The van der Waals surface area contributed by atoms with Gasteiger partial charge in [0.15, 0.2) is 5.82 Å². The van der Waals surface area contributed by atoms with Crippen molar-refractivity contribution in [3.8, 4) is 0 Å². The maximum absolute atomic E-state index is 5.89. The van der Waals surface area contributed by atoms with E-state index in [9.17, 15) is 0 Å². The molecule has 1 saturated carbocycles. The molecule has 1 aromatic rings. The molecule has 0 aliphatic heterocycles. The second kappa shape index (κ2) is 6.22. The fourth-order valence-electron chi connectivity index (χ4n) is 3.04. The molecule has 0 saturated heterocycles. The monoisotopic (exact) mass is 280 g/mol. The lowest BCUT2D eigenvalue weighted by molar-refractivity contribution is 0.156.